The first kappa shape index (κ1) is 19.4. The SMILES string of the molecule is COCC(=O)NC[C@H]1CCN(Cc2cccc(C#N)c2)C[C@H]1N(C)C. The number of likely N-dealkylation sites (N-methyl/N-ethyl adjacent to an activating group) is 1. The first-order chi connectivity index (χ1) is 12.0. The van der Waals surface area contributed by atoms with Gasteiger partial charge in [-0.15, -0.1) is 0 Å². The van der Waals surface area contributed by atoms with Gasteiger partial charge in [0.2, 0.25) is 5.91 Å². The van der Waals surface area contributed by atoms with E-state index in [1.54, 1.807) is 0 Å². The van der Waals surface area contributed by atoms with E-state index >= 15 is 0 Å². The fourth-order valence-corrected chi connectivity index (χ4v) is 3.44. The van der Waals surface area contributed by atoms with Gasteiger partial charge in [-0.2, -0.15) is 5.26 Å². The Bertz CT molecular complexity index is 612. The predicted octanol–water partition coefficient (Wildman–Crippen LogP) is 1.07. The number of amides is 1. The zero-order valence-electron chi connectivity index (χ0n) is 15.4. The number of nitrogens with zero attached hydrogens (tertiary/aromatic N) is 3. The van der Waals surface area contributed by atoms with E-state index in [2.05, 4.69) is 41.3 Å². The van der Waals surface area contributed by atoms with Gasteiger partial charge in [0.15, 0.2) is 0 Å². The van der Waals surface area contributed by atoms with Crippen LogP contribution in [0.1, 0.15) is 17.5 Å². The lowest BCUT2D eigenvalue weighted by Crippen LogP contribution is -2.53. The maximum absolute atomic E-state index is 11.6. The number of carbonyl (C=O) groups is 1. The number of nitriles is 1. The third-order valence-corrected chi connectivity index (χ3v) is 4.77. The molecule has 1 amide bonds. The standard InChI is InChI=1S/C19H28N4O2/c1-22(2)18-13-23(12-16-6-4-5-15(9-16)10-20)8-7-17(18)11-21-19(24)14-25-3/h4-6,9,17-18H,7-8,11-14H2,1-3H3,(H,21,24)/t17-,18-/m1/s1. The Labute approximate surface area is 150 Å². The second kappa shape index (κ2) is 9.52. The molecule has 2 atom stereocenters. The highest BCUT2D eigenvalue weighted by Gasteiger charge is 2.30. The lowest BCUT2D eigenvalue weighted by atomic mass is 9.90. The summed E-state index contributed by atoms with van der Waals surface area (Å²) in [5, 5.41) is 12.0. The minimum atomic E-state index is -0.0595. The van der Waals surface area contributed by atoms with Gasteiger partial charge in [0.1, 0.15) is 6.61 Å². The molecule has 0 aliphatic carbocycles. The predicted molar refractivity (Wildman–Crippen MR) is 96.9 cm³/mol. The van der Waals surface area contributed by atoms with Gasteiger partial charge in [-0.1, -0.05) is 12.1 Å². The van der Waals surface area contributed by atoms with Gasteiger partial charge in [-0.25, -0.2) is 0 Å². The summed E-state index contributed by atoms with van der Waals surface area (Å²) in [7, 11) is 5.71. The highest BCUT2D eigenvalue weighted by molar-refractivity contribution is 5.77. The first-order valence-electron chi connectivity index (χ1n) is 8.67. The van der Waals surface area contributed by atoms with Gasteiger partial charge in [0.25, 0.3) is 0 Å². The number of carbonyl (C=O) groups excluding carboxylic acids is 1. The molecule has 1 fully saturated rings. The zero-order valence-corrected chi connectivity index (χ0v) is 15.4. The van der Waals surface area contributed by atoms with Crippen molar-refractivity contribution in [2.75, 3.05) is 47.4 Å². The molecule has 136 valence electrons. The van der Waals surface area contributed by atoms with Gasteiger partial charge >= 0.3 is 0 Å². The van der Waals surface area contributed by atoms with E-state index in [1.165, 1.54) is 12.7 Å². The molecular weight excluding hydrogens is 316 g/mol. The number of likely N-dealkylation sites (tertiary alicyclic amines) is 1. The first-order valence-corrected chi connectivity index (χ1v) is 8.67. The average Bonchev–Trinajstić information content (AvgIpc) is 2.61. The molecule has 0 aromatic heterocycles. The Hall–Kier alpha value is -1.94. The van der Waals surface area contributed by atoms with E-state index in [1.807, 2.05) is 18.2 Å². The van der Waals surface area contributed by atoms with Gasteiger partial charge in [0.05, 0.1) is 11.6 Å². The summed E-state index contributed by atoms with van der Waals surface area (Å²) in [6, 6.07) is 10.4. The molecule has 0 saturated carbocycles. The number of hydrogen-bond donors (Lipinski definition) is 1. The zero-order chi connectivity index (χ0) is 18.2. The van der Waals surface area contributed by atoms with Gasteiger partial charge in [-0.3, -0.25) is 9.69 Å². The summed E-state index contributed by atoms with van der Waals surface area (Å²) >= 11 is 0. The van der Waals surface area contributed by atoms with Crippen LogP contribution in [0.25, 0.3) is 0 Å². The maximum atomic E-state index is 11.6. The highest BCUT2D eigenvalue weighted by atomic mass is 16.5. The number of hydrogen-bond acceptors (Lipinski definition) is 5. The molecule has 6 heteroatoms. The van der Waals surface area contributed by atoms with E-state index < -0.39 is 0 Å². The summed E-state index contributed by atoms with van der Waals surface area (Å²) in [6.07, 6.45) is 1.04. The van der Waals surface area contributed by atoms with E-state index in [4.69, 9.17) is 10.00 Å². The summed E-state index contributed by atoms with van der Waals surface area (Å²) < 4.78 is 4.87. The molecule has 1 heterocycles. The maximum Gasteiger partial charge on any atom is 0.245 e. The van der Waals surface area contributed by atoms with Crippen LogP contribution in [0.3, 0.4) is 0 Å². The number of methoxy groups -OCH3 is 1. The van der Waals surface area contributed by atoms with Crippen molar-refractivity contribution >= 4 is 5.91 Å². The van der Waals surface area contributed by atoms with Crippen LogP contribution in [0.2, 0.25) is 0 Å². The topological polar surface area (TPSA) is 68.6 Å². The number of rotatable bonds is 7. The van der Waals surface area contributed by atoms with Crippen molar-refractivity contribution in [1.29, 1.82) is 5.26 Å². The molecule has 1 N–H and O–H groups in total. The lowest BCUT2D eigenvalue weighted by molar-refractivity contribution is -0.125. The van der Waals surface area contributed by atoms with Gasteiger partial charge in [0, 0.05) is 32.8 Å². The fraction of sp³-hybridized carbons (Fsp3) is 0.579. The largest absolute Gasteiger partial charge is 0.375 e. The molecule has 1 aromatic carbocycles. The van der Waals surface area contributed by atoms with Crippen molar-refractivity contribution in [2.24, 2.45) is 5.92 Å². The van der Waals surface area contributed by atoms with Crippen LogP contribution in [-0.2, 0) is 16.1 Å². The molecule has 6 nitrogen and oxygen atoms in total. The van der Waals surface area contributed by atoms with Crippen LogP contribution < -0.4 is 5.32 Å². The molecule has 2 rings (SSSR count). The molecule has 25 heavy (non-hydrogen) atoms. The molecule has 1 aliphatic heterocycles. The van der Waals surface area contributed by atoms with Crippen LogP contribution in [0, 0.1) is 17.2 Å². The minimum absolute atomic E-state index is 0.0595. The third-order valence-electron chi connectivity index (χ3n) is 4.77. The molecule has 1 aliphatic rings. The molecular formula is C19H28N4O2. The van der Waals surface area contributed by atoms with Gasteiger partial charge < -0.3 is 15.0 Å². The van der Waals surface area contributed by atoms with E-state index in [0.717, 1.165) is 26.1 Å². The normalized spacial score (nSPS) is 21.1. The highest BCUT2D eigenvalue weighted by Crippen LogP contribution is 2.22. The number of benzene rings is 1. The second-order valence-corrected chi connectivity index (χ2v) is 6.86. The Balaban J connectivity index is 1.93. The summed E-state index contributed by atoms with van der Waals surface area (Å²) in [5.41, 5.74) is 1.88. The third kappa shape index (κ3) is 5.82. The Morgan fingerprint density at radius 1 is 1.48 bits per heavy atom. The Morgan fingerprint density at radius 2 is 2.28 bits per heavy atom. The van der Waals surface area contributed by atoms with Crippen LogP contribution in [0.5, 0.6) is 0 Å². The summed E-state index contributed by atoms with van der Waals surface area (Å²) in [5.74, 6) is 0.369. The Kier molecular flexibility index (Phi) is 7.38. The Morgan fingerprint density at radius 3 is 2.96 bits per heavy atom. The number of ether oxygens (including phenoxy) is 1. The quantitative estimate of drug-likeness (QED) is 0.801. The lowest BCUT2D eigenvalue weighted by Gasteiger charge is -2.42. The fourth-order valence-electron chi connectivity index (χ4n) is 3.44. The van der Waals surface area contributed by atoms with Crippen molar-refractivity contribution < 1.29 is 9.53 Å². The molecule has 0 unspecified atom stereocenters. The van der Waals surface area contributed by atoms with Crippen LogP contribution in [0.4, 0.5) is 0 Å². The molecule has 1 saturated heterocycles. The van der Waals surface area contributed by atoms with E-state index in [0.29, 0.717) is 24.1 Å². The monoisotopic (exact) mass is 344 g/mol. The molecule has 0 radical (unpaired) electrons. The van der Waals surface area contributed by atoms with Crippen molar-refractivity contribution in [1.82, 2.24) is 15.1 Å². The summed E-state index contributed by atoms with van der Waals surface area (Å²) in [4.78, 5) is 16.3. The van der Waals surface area contributed by atoms with Crippen molar-refractivity contribution in [2.45, 2.75) is 19.0 Å². The average molecular weight is 344 g/mol. The number of piperidine rings is 1. The summed E-state index contributed by atoms with van der Waals surface area (Å²) in [6.45, 7) is 3.59. The second-order valence-electron chi connectivity index (χ2n) is 6.86. The molecule has 0 bridgehead atoms. The number of nitrogens with one attached hydrogen (secondary N) is 1. The smallest absolute Gasteiger partial charge is 0.245 e. The molecule has 1 aromatic rings. The molecule has 0 spiro atoms. The minimum Gasteiger partial charge on any atom is -0.375 e. The van der Waals surface area contributed by atoms with Crippen LogP contribution in [-0.4, -0.2) is 69.2 Å². The van der Waals surface area contributed by atoms with E-state index in [-0.39, 0.29) is 12.5 Å². The van der Waals surface area contributed by atoms with Crippen LogP contribution >= 0.6 is 0 Å². The van der Waals surface area contributed by atoms with Crippen molar-refractivity contribution in [3.05, 3.63) is 35.4 Å². The van der Waals surface area contributed by atoms with Crippen LogP contribution in [0.15, 0.2) is 24.3 Å². The van der Waals surface area contributed by atoms with Crippen molar-refractivity contribution in [3.8, 4) is 6.07 Å². The van der Waals surface area contributed by atoms with Crippen molar-refractivity contribution in [3.63, 3.8) is 0 Å². The van der Waals surface area contributed by atoms with E-state index in [9.17, 15) is 4.79 Å². The van der Waals surface area contributed by atoms with Gasteiger partial charge in [-0.05, 0) is 50.7 Å².